The van der Waals surface area contributed by atoms with Crippen molar-refractivity contribution >= 4 is 23.2 Å². The van der Waals surface area contributed by atoms with E-state index in [1.54, 1.807) is 22.9 Å². The SMILES string of the molecule is CC(CC(=O)Nc1ccc(=O)n(Cc2ccccc2Cl)c1)C1CCNCC1. The Kier molecular flexibility index (Phi) is 6.69. The number of pyridine rings is 1. The lowest BCUT2D eigenvalue weighted by molar-refractivity contribution is -0.117. The van der Waals surface area contributed by atoms with Crippen LogP contribution < -0.4 is 16.2 Å². The van der Waals surface area contributed by atoms with Crippen LogP contribution in [0.1, 0.15) is 31.7 Å². The minimum Gasteiger partial charge on any atom is -0.325 e. The molecule has 1 aliphatic rings. The zero-order valence-corrected chi connectivity index (χ0v) is 16.3. The molecule has 1 atom stereocenters. The van der Waals surface area contributed by atoms with Gasteiger partial charge in [0, 0.05) is 23.7 Å². The Labute approximate surface area is 164 Å². The zero-order valence-electron chi connectivity index (χ0n) is 15.6. The number of rotatable bonds is 6. The van der Waals surface area contributed by atoms with Gasteiger partial charge in [-0.3, -0.25) is 9.59 Å². The van der Waals surface area contributed by atoms with E-state index in [0.717, 1.165) is 31.5 Å². The van der Waals surface area contributed by atoms with Gasteiger partial charge in [0.05, 0.1) is 12.2 Å². The first-order valence-electron chi connectivity index (χ1n) is 9.47. The summed E-state index contributed by atoms with van der Waals surface area (Å²) in [7, 11) is 0. The van der Waals surface area contributed by atoms with Crippen molar-refractivity contribution < 1.29 is 4.79 Å². The van der Waals surface area contributed by atoms with Gasteiger partial charge in [0.25, 0.3) is 5.56 Å². The van der Waals surface area contributed by atoms with Crippen molar-refractivity contribution in [1.29, 1.82) is 0 Å². The van der Waals surface area contributed by atoms with Crippen LogP contribution in [-0.4, -0.2) is 23.6 Å². The molecule has 0 radical (unpaired) electrons. The first-order chi connectivity index (χ1) is 13.0. The van der Waals surface area contributed by atoms with Gasteiger partial charge in [0.15, 0.2) is 0 Å². The van der Waals surface area contributed by atoms with Crippen molar-refractivity contribution in [2.75, 3.05) is 18.4 Å². The molecule has 0 bridgehead atoms. The number of benzene rings is 1. The van der Waals surface area contributed by atoms with Crippen molar-refractivity contribution in [3.05, 3.63) is 63.5 Å². The maximum Gasteiger partial charge on any atom is 0.250 e. The van der Waals surface area contributed by atoms with Gasteiger partial charge in [0.1, 0.15) is 0 Å². The number of halogens is 1. The molecule has 144 valence electrons. The van der Waals surface area contributed by atoms with Crippen LogP contribution in [0.25, 0.3) is 0 Å². The van der Waals surface area contributed by atoms with Gasteiger partial charge in [-0.15, -0.1) is 0 Å². The summed E-state index contributed by atoms with van der Waals surface area (Å²) in [5.74, 6) is 0.927. The minimum atomic E-state index is -0.129. The summed E-state index contributed by atoms with van der Waals surface area (Å²) < 4.78 is 1.56. The Morgan fingerprint density at radius 2 is 2.00 bits per heavy atom. The molecule has 1 aromatic carbocycles. The average Bonchev–Trinajstić information content (AvgIpc) is 2.67. The number of carbonyl (C=O) groups excluding carboxylic acids is 1. The highest BCUT2D eigenvalue weighted by Gasteiger charge is 2.22. The third kappa shape index (κ3) is 5.44. The third-order valence-corrected chi connectivity index (χ3v) is 5.63. The predicted octanol–water partition coefficient (Wildman–Crippen LogP) is 3.51. The summed E-state index contributed by atoms with van der Waals surface area (Å²) >= 11 is 6.19. The molecule has 27 heavy (non-hydrogen) atoms. The van der Waals surface area contributed by atoms with E-state index >= 15 is 0 Å². The molecule has 1 aromatic heterocycles. The van der Waals surface area contributed by atoms with Crippen molar-refractivity contribution in [3.8, 4) is 0 Å². The van der Waals surface area contributed by atoms with E-state index in [2.05, 4.69) is 17.6 Å². The normalized spacial score (nSPS) is 16.1. The van der Waals surface area contributed by atoms with Crippen LogP contribution in [0.2, 0.25) is 5.02 Å². The van der Waals surface area contributed by atoms with E-state index in [-0.39, 0.29) is 11.5 Å². The van der Waals surface area contributed by atoms with Crippen molar-refractivity contribution in [2.45, 2.75) is 32.7 Å². The largest absolute Gasteiger partial charge is 0.325 e. The van der Waals surface area contributed by atoms with Crippen LogP contribution in [0.15, 0.2) is 47.4 Å². The van der Waals surface area contributed by atoms with E-state index in [1.165, 1.54) is 6.07 Å². The molecule has 1 saturated heterocycles. The third-order valence-electron chi connectivity index (χ3n) is 5.26. The summed E-state index contributed by atoms with van der Waals surface area (Å²) in [5.41, 5.74) is 1.37. The van der Waals surface area contributed by atoms with Gasteiger partial charge < -0.3 is 15.2 Å². The highest BCUT2D eigenvalue weighted by Crippen LogP contribution is 2.24. The zero-order chi connectivity index (χ0) is 19.2. The Balaban J connectivity index is 1.64. The average molecular weight is 388 g/mol. The molecule has 1 aliphatic heterocycles. The lowest BCUT2D eigenvalue weighted by atomic mass is 9.84. The fourth-order valence-corrected chi connectivity index (χ4v) is 3.82. The molecule has 2 aromatic rings. The topological polar surface area (TPSA) is 63.1 Å². The second-order valence-electron chi connectivity index (χ2n) is 7.29. The minimum absolute atomic E-state index is 0.0102. The Bertz CT molecular complexity index is 843. The number of aromatic nitrogens is 1. The van der Waals surface area contributed by atoms with Crippen molar-refractivity contribution in [1.82, 2.24) is 9.88 Å². The Hall–Kier alpha value is -2.11. The first-order valence-corrected chi connectivity index (χ1v) is 9.85. The molecule has 5 nitrogen and oxygen atoms in total. The monoisotopic (exact) mass is 387 g/mol. The van der Waals surface area contributed by atoms with E-state index in [1.807, 2.05) is 18.2 Å². The second-order valence-corrected chi connectivity index (χ2v) is 7.70. The summed E-state index contributed by atoms with van der Waals surface area (Å²) in [6.07, 6.45) is 4.42. The molecular weight excluding hydrogens is 362 g/mol. The Morgan fingerprint density at radius 3 is 2.74 bits per heavy atom. The number of piperidine rings is 1. The Morgan fingerprint density at radius 1 is 1.26 bits per heavy atom. The molecule has 2 N–H and O–H groups in total. The quantitative estimate of drug-likeness (QED) is 0.797. The first kappa shape index (κ1) is 19.6. The van der Waals surface area contributed by atoms with Gasteiger partial charge in [-0.2, -0.15) is 0 Å². The van der Waals surface area contributed by atoms with Crippen LogP contribution in [0.3, 0.4) is 0 Å². The van der Waals surface area contributed by atoms with E-state index in [9.17, 15) is 9.59 Å². The molecule has 3 rings (SSSR count). The van der Waals surface area contributed by atoms with Gasteiger partial charge in [0.2, 0.25) is 5.91 Å². The molecule has 6 heteroatoms. The summed E-state index contributed by atoms with van der Waals surface area (Å²) in [4.78, 5) is 24.6. The summed E-state index contributed by atoms with van der Waals surface area (Å²) in [5, 5.41) is 6.91. The van der Waals surface area contributed by atoms with Crippen LogP contribution in [0.4, 0.5) is 5.69 Å². The van der Waals surface area contributed by atoms with Crippen molar-refractivity contribution in [2.24, 2.45) is 11.8 Å². The van der Waals surface area contributed by atoms with Gasteiger partial charge in [-0.05, 0) is 55.5 Å². The predicted molar refractivity (Wildman–Crippen MR) is 109 cm³/mol. The summed E-state index contributed by atoms with van der Waals surface area (Å²) in [6.45, 7) is 4.58. The van der Waals surface area contributed by atoms with Crippen LogP contribution in [-0.2, 0) is 11.3 Å². The van der Waals surface area contributed by atoms with Crippen LogP contribution >= 0.6 is 11.6 Å². The number of carbonyl (C=O) groups is 1. The van der Waals surface area contributed by atoms with Gasteiger partial charge >= 0.3 is 0 Å². The number of nitrogens with zero attached hydrogens (tertiary/aromatic N) is 1. The fraction of sp³-hybridized carbons (Fsp3) is 0.429. The number of hydrogen-bond acceptors (Lipinski definition) is 3. The maximum atomic E-state index is 12.4. The fourth-order valence-electron chi connectivity index (χ4n) is 3.62. The highest BCUT2D eigenvalue weighted by atomic mass is 35.5. The number of amides is 1. The lowest BCUT2D eigenvalue weighted by Gasteiger charge is -2.27. The highest BCUT2D eigenvalue weighted by molar-refractivity contribution is 6.31. The standard InChI is InChI=1S/C21H26ClN3O2/c1-15(16-8-10-23-11-9-16)12-20(26)24-18-6-7-21(27)25(14-18)13-17-4-2-3-5-19(17)22/h2-7,14-16,23H,8-13H2,1H3,(H,24,26). The number of anilines is 1. The molecule has 1 unspecified atom stereocenters. The van der Waals surface area contributed by atoms with E-state index in [0.29, 0.717) is 35.5 Å². The molecule has 1 amide bonds. The van der Waals surface area contributed by atoms with Crippen LogP contribution in [0, 0.1) is 11.8 Å². The molecule has 0 saturated carbocycles. The molecule has 2 heterocycles. The van der Waals surface area contributed by atoms with Crippen molar-refractivity contribution in [3.63, 3.8) is 0 Å². The molecule has 1 fully saturated rings. The van der Waals surface area contributed by atoms with E-state index in [4.69, 9.17) is 11.6 Å². The molecular formula is C21H26ClN3O2. The lowest BCUT2D eigenvalue weighted by Crippen LogP contribution is -2.32. The van der Waals surface area contributed by atoms with Crippen LogP contribution in [0.5, 0.6) is 0 Å². The smallest absolute Gasteiger partial charge is 0.250 e. The van der Waals surface area contributed by atoms with Gasteiger partial charge in [-0.1, -0.05) is 36.7 Å². The second kappa shape index (κ2) is 9.20. The maximum absolute atomic E-state index is 12.4. The molecule has 0 spiro atoms. The number of nitrogens with one attached hydrogen (secondary N) is 2. The summed E-state index contributed by atoms with van der Waals surface area (Å²) in [6, 6.07) is 10.6. The van der Waals surface area contributed by atoms with Gasteiger partial charge in [-0.25, -0.2) is 0 Å². The molecule has 0 aliphatic carbocycles. The van der Waals surface area contributed by atoms with E-state index < -0.39 is 0 Å². The number of hydrogen-bond donors (Lipinski definition) is 2.